The molecule has 1 unspecified atom stereocenters. The topological polar surface area (TPSA) is 69.2 Å². The molecule has 0 aliphatic carbocycles. The SMILES string of the molecule is CC(Oc1ccc2oc(-c3cc4cccn4cn3)cc(=O)c2c1)N1CCOCC1. The molecule has 0 spiro atoms. The zero-order valence-corrected chi connectivity index (χ0v) is 16.1. The molecule has 1 aromatic carbocycles. The van der Waals surface area contributed by atoms with Gasteiger partial charge in [-0.25, -0.2) is 4.98 Å². The average molecular weight is 391 g/mol. The third-order valence-corrected chi connectivity index (χ3v) is 5.24. The van der Waals surface area contributed by atoms with Crippen LogP contribution in [-0.2, 0) is 4.74 Å². The zero-order chi connectivity index (χ0) is 19.8. The normalized spacial score (nSPS) is 16.3. The monoisotopic (exact) mass is 391 g/mol. The molecule has 0 radical (unpaired) electrons. The molecule has 4 aromatic rings. The highest BCUT2D eigenvalue weighted by Gasteiger charge is 2.18. The molecule has 1 aliphatic rings. The van der Waals surface area contributed by atoms with Gasteiger partial charge in [0.2, 0.25) is 0 Å². The minimum Gasteiger partial charge on any atom is -0.475 e. The highest BCUT2D eigenvalue weighted by Crippen LogP contribution is 2.25. The van der Waals surface area contributed by atoms with Gasteiger partial charge >= 0.3 is 0 Å². The minimum absolute atomic E-state index is 0.0966. The summed E-state index contributed by atoms with van der Waals surface area (Å²) in [6, 6.07) is 12.6. The molecule has 1 fully saturated rings. The van der Waals surface area contributed by atoms with E-state index in [1.165, 1.54) is 6.07 Å². The van der Waals surface area contributed by atoms with Crippen molar-refractivity contribution in [3.05, 3.63) is 65.2 Å². The van der Waals surface area contributed by atoms with E-state index < -0.39 is 0 Å². The van der Waals surface area contributed by atoms with Crippen LogP contribution < -0.4 is 10.2 Å². The van der Waals surface area contributed by atoms with Gasteiger partial charge < -0.3 is 18.3 Å². The van der Waals surface area contributed by atoms with Crippen LogP contribution in [0.15, 0.2) is 64.2 Å². The molecule has 0 saturated carbocycles. The fraction of sp³-hybridized carbons (Fsp3) is 0.273. The van der Waals surface area contributed by atoms with Crippen molar-refractivity contribution in [2.45, 2.75) is 13.2 Å². The molecule has 5 rings (SSSR count). The smallest absolute Gasteiger partial charge is 0.193 e. The number of hydrogen-bond acceptors (Lipinski definition) is 6. The highest BCUT2D eigenvalue weighted by molar-refractivity contribution is 5.80. The van der Waals surface area contributed by atoms with Gasteiger partial charge in [0.15, 0.2) is 11.2 Å². The second kappa shape index (κ2) is 7.35. The second-order valence-corrected chi connectivity index (χ2v) is 7.11. The van der Waals surface area contributed by atoms with Crippen molar-refractivity contribution in [3.8, 4) is 17.2 Å². The van der Waals surface area contributed by atoms with E-state index >= 15 is 0 Å². The van der Waals surface area contributed by atoms with Crippen molar-refractivity contribution in [2.75, 3.05) is 26.3 Å². The van der Waals surface area contributed by atoms with Gasteiger partial charge in [0.1, 0.15) is 23.3 Å². The number of morpholine rings is 1. The first-order valence-electron chi connectivity index (χ1n) is 9.67. The van der Waals surface area contributed by atoms with Gasteiger partial charge in [0, 0.05) is 30.9 Å². The molecule has 148 valence electrons. The maximum atomic E-state index is 12.8. The van der Waals surface area contributed by atoms with E-state index in [4.69, 9.17) is 13.9 Å². The van der Waals surface area contributed by atoms with E-state index in [1.54, 1.807) is 18.5 Å². The Bertz CT molecular complexity index is 1220. The lowest BCUT2D eigenvalue weighted by atomic mass is 10.2. The number of hydrogen-bond donors (Lipinski definition) is 0. The number of rotatable bonds is 4. The van der Waals surface area contributed by atoms with Crippen LogP contribution in [0.4, 0.5) is 0 Å². The molecule has 7 heteroatoms. The molecule has 1 aliphatic heterocycles. The van der Waals surface area contributed by atoms with Crippen LogP contribution in [-0.4, -0.2) is 46.8 Å². The van der Waals surface area contributed by atoms with Crippen LogP contribution in [0, 0.1) is 0 Å². The second-order valence-electron chi connectivity index (χ2n) is 7.11. The number of aromatic nitrogens is 2. The summed E-state index contributed by atoms with van der Waals surface area (Å²) < 4.78 is 19.3. The van der Waals surface area contributed by atoms with Crippen molar-refractivity contribution in [1.29, 1.82) is 0 Å². The Kier molecular flexibility index (Phi) is 4.54. The maximum absolute atomic E-state index is 12.8. The molecule has 3 aromatic heterocycles. The fourth-order valence-corrected chi connectivity index (χ4v) is 3.62. The summed E-state index contributed by atoms with van der Waals surface area (Å²) in [4.78, 5) is 19.4. The molecule has 1 saturated heterocycles. The van der Waals surface area contributed by atoms with E-state index in [9.17, 15) is 4.79 Å². The lowest BCUT2D eigenvalue weighted by Gasteiger charge is -2.32. The van der Waals surface area contributed by atoms with E-state index in [0.29, 0.717) is 41.4 Å². The first-order chi connectivity index (χ1) is 14.2. The lowest BCUT2D eigenvalue weighted by Crippen LogP contribution is -2.44. The van der Waals surface area contributed by atoms with Gasteiger partial charge in [-0.15, -0.1) is 0 Å². The van der Waals surface area contributed by atoms with E-state index in [2.05, 4.69) is 9.88 Å². The summed E-state index contributed by atoms with van der Waals surface area (Å²) in [6.45, 7) is 5.09. The van der Waals surface area contributed by atoms with Gasteiger partial charge in [0.05, 0.1) is 24.9 Å². The van der Waals surface area contributed by atoms with E-state index in [1.807, 2.05) is 41.8 Å². The summed E-state index contributed by atoms with van der Waals surface area (Å²) in [5.41, 5.74) is 1.99. The van der Waals surface area contributed by atoms with Crippen molar-refractivity contribution in [3.63, 3.8) is 0 Å². The molecule has 1 atom stereocenters. The Labute approximate surface area is 167 Å². The zero-order valence-electron chi connectivity index (χ0n) is 16.1. The number of fused-ring (bicyclic) bond motifs is 2. The third-order valence-electron chi connectivity index (χ3n) is 5.24. The Morgan fingerprint density at radius 1 is 1.14 bits per heavy atom. The molecule has 0 amide bonds. The quantitative estimate of drug-likeness (QED) is 0.532. The third kappa shape index (κ3) is 3.50. The molecular weight excluding hydrogens is 370 g/mol. The van der Waals surface area contributed by atoms with Gasteiger partial charge in [-0.05, 0) is 43.3 Å². The van der Waals surface area contributed by atoms with Crippen molar-refractivity contribution < 1.29 is 13.9 Å². The Balaban J connectivity index is 1.45. The number of nitrogens with zero attached hydrogens (tertiary/aromatic N) is 3. The highest BCUT2D eigenvalue weighted by atomic mass is 16.5. The molecule has 0 bridgehead atoms. The minimum atomic E-state index is -0.122. The van der Waals surface area contributed by atoms with Gasteiger partial charge in [-0.2, -0.15) is 0 Å². The van der Waals surface area contributed by atoms with Crippen LogP contribution in [0.2, 0.25) is 0 Å². The molecule has 0 N–H and O–H groups in total. The fourth-order valence-electron chi connectivity index (χ4n) is 3.62. The van der Waals surface area contributed by atoms with Crippen molar-refractivity contribution in [2.24, 2.45) is 0 Å². The van der Waals surface area contributed by atoms with Gasteiger partial charge in [0.25, 0.3) is 0 Å². The van der Waals surface area contributed by atoms with Crippen LogP contribution in [0.25, 0.3) is 27.9 Å². The number of ether oxygens (including phenoxy) is 2. The number of benzene rings is 1. The molecule has 29 heavy (non-hydrogen) atoms. The average Bonchev–Trinajstić information content (AvgIpc) is 3.22. The first-order valence-corrected chi connectivity index (χ1v) is 9.67. The standard InChI is InChI=1S/C22H21N3O4/c1-15(24-7-9-27-10-8-24)28-17-4-5-21-18(12-17)20(26)13-22(29-21)19-11-16-3-2-6-25(16)14-23-19/h2-6,11-15H,7-10H2,1H3. The predicted octanol–water partition coefficient (Wildman–Crippen LogP) is 3.16. The molecular formula is C22H21N3O4. The van der Waals surface area contributed by atoms with Gasteiger partial charge in [-0.1, -0.05) is 0 Å². The molecule has 4 heterocycles. The largest absolute Gasteiger partial charge is 0.475 e. The predicted molar refractivity (Wildman–Crippen MR) is 109 cm³/mol. The van der Waals surface area contributed by atoms with Gasteiger partial charge in [-0.3, -0.25) is 9.69 Å². The Hall–Kier alpha value is -3.16. The summed E-state index contributed by atoms with van der Waals surface area (Å²) in [6.07, 6.45) is 3.53. The Morgan fingerprint density at radius 2 is 2.00 bits per heavy atom. The summed E-state index contributed by atoms with van der Waals surface area (Å²) in [5, 5.41) is 0.490. The van der Waals surface area contributed by atoms with Crippen LogP contribution in [0.5, 0.6) is 5.75 Å². The van der Waals surface area contributed by atoms with Crippen LogP contribution in [0.3, 0.4) is 0 Å². The van der Waals surface area contributed by atoms with E-state index in [0.717, 1.165) is 18.6 Å². The van der Waals surface area contributed by atoms with Crippen LogP contribution >= 0.6 is 0 Å². The summed E-state index contributed by atoms with van der Waals surface area (Å²) in [5.74, 6) is 1.09. The summed E-state index contributed by atoms with van der Waals surface area (Å²) >= 11 is 0. The lowest BCUT2D eigenvalue weighted by molar-refractivity contribution is -0.0372. The van der Waals surface area contributed by atoms with Crippen LogP contribution in [0.1, 0.15) is 6.92 Å². The first kappa shape index (κ1) is 17.9. The summed E-state index contributed by atoms with van der Waals surface area (Å²) in [7, 11) is 0. The maximum Gasteiger partial charge on any atom is 0.193 e. The van der Waals surface area contributed by atoms with Crippen molar-refractivity contribution >= 4 is 16.5 Å². The Morgan fingerprint density at radius 3 is 2.86 bits per heavy atom. The molecule has 7 nitrogen and oxygen atoms in total. The van der Waals surface area contributed by atoms with Crippen molar-refractivity contribution in [1.82, 2.24) is 14.3 Å². The van der Waals surface area contributed by atoms with E-state index in [-0.39, 0.29) is 11.7 Å².